The van der Waals surface area contributed by atoms with Crippen molar-refractivity contribution in [1.29, 1.82) is 0 Å². The summed E-state index contributed by atoms with van der Waals surface area (Å²) in [4.78, 5) is 66.3. The van der Waals surface area contributed by atoms with Crippen molar-refractivity contribution in [2.24, 2.45) is 0 Å². The van der Waals surface area contributed by atoms with Gasteiger partial charge in [-0.05, 0) is 200 Å². The fraction of sp³-hybridized carbons (Fsp3) is 0.365. The molecule has 29 heteroatoms. The van der Waals surface area contributed by atoms with Crippen LogP contribution in [0.1, 0.15) is 127 Å². The lowest BCUT2D eigenvalue weighted by Gasteiger charge is -2.32. The fourth-order valence-corrected chi connectivity index (χ4v) is 15.5. The predicted octanol–water partition coefficient (Wildman–Crippen LogP) is 10.2. The van der Waals surface area contributed by atoms with Gasteiger partial charge in [-0.2, -0.15) is 30.6 Å². The molecule has 10 aromatic rings. The summed E-state index contributed by atoms with van der Waals surface area (Å²) in [7, 11) is -3.50. The van der Waals surface area contributed by atoms with Crippen molar-refractivity contribution in [3.05, 3.63) is 171 Å². The number of ether oxygens (including phenoxy) is 3. The Labute approximate surface area is 593 Å². The summed E-state index contributed by atoms with van der Waals surface area (Å²) in [6.45, 7) is 12.8. The summed E-state index contributed by atoms with van der Waals surface area (Å²) in [5.41, 5.74) is 22.8. The number of aromatic nitrogens is 12. The van der Waals surface area contributed by atoms with Gasteiger partial charge in [0.1, 0.15) is 56.6 Å². The summed E-state index contributed by atoms with van der Waals surface area (Å²) in [6, 6.07) is 31.8. The Balaban J connectivity index is 0.000000138. The fourth-order valence-electron chi connectivity index (χ4n) is 14.7. The Hall–Kier alpha value is -11.2. The number of para-hydroxylation sites is 1. The monoisotopic (exact) mass is 1420 g/mol. The van der Waals surface area contributed by atoms with E-state index in [9.17, 15) is 32.4 Å². The zero-order valence-electron chi connectivity index (χ0n) is 57.1. The number of H-pyrrole nitrogens is 3. The summed E-state index contributed by atoms with van der Waals surface area (Å²) in [5.74, 6) is 3.42. The third-order valence-electron chi connectivity index (χ3n) is 19.9. The third-order valence-corrected chi connectivity index (χ3v) is 21.0. The largest absolute Gasteiger partial charge is 0.490 e. The van der Waals surface area contributed by atoms with Crippen LogP contribution in [0.5, 0.6) is 23.0 Å². The zero-order valence-corrected chi connectivity index (χ0v) is 57.9. The highest BCUT2D eigenvalue weighted by Crippen LogP contribution is 2.40. The SMILES string of the molecule is C=CC(=O)N1CCCC(n2nc(-c3ccc(OC4CCCC4)cc3)c3c(N)n[nH]c(=O)c32)C1.C=CC(=O)N1CCCC(n2nc(-c3ccc(OC4CCCCC4)cc3)c3c(N)n[nH]c(=O)c32)C1.C=CS(=O)(=O)NC1CCC(n2nc(-c3ccc(Oc4ccccc4)cc3)c3c(N)n[nH]c(=O)c32)CC1. The second-order valence-corrected chi connectivity index (χ2v) is 28.3. The summed E-state index contributed by atoms with van der Waals surface area (Å²) < 4.78 is 49.6. The molecule has 0 radical (unpaired) electrons. The number of nitrogens with one attached hydrogen (secondary N) is 4. The average molecular weight is 1420 g/mol. The van der Waals surface area contributed by atoms with Crippen molar-refractivity contribution in [2.45, 2.75) is 146 Å². The minimum Gasteiger partial charge on any atom is -0.490 e. The van der Waals surface area contributed by atoms with Crippen LogP contribution in [0.3, 0.4) is 0 Å². The molecule has 8 heterocycles. The first kappa shape index (κ1) is 70.2. The molecule has 6 aromatic heterocycles. The molecule has 3 aliphatic carbocycles. The van der Waals surface area contributed by atoms with Crippen LogP contribution in [-0.4, -0.2) is 134 Å². The first-order valence-electron chi connectivity index (χ1n) is 35.1. The van der Waals surface area contributed by atoms with Crippen LogP contribution < -0.4 is 52.8 Å². The number of rotatable bonds is 17. The second kappa shape index (κ2) is 31.0. The van der Waals surface area contributed by atoms with Crippen molar-refractivity contribution in [1.82, 2.24) is 74.5 Å². The van der Waals surface area contributed by atoms with Crippen LogP contribution in [0.4, 0.5) is 17.5 Å². The zero-order chi connectivity index (χ0) is 71.9. The van der Waals surface area contributed by atoms with Gasteiger partial charge >= 0.3 is 0 Å². The quantitative estimate of drug-likeness (QED) is 0.0417. The average Bonchev–Trinajstić information content (AvgIpc) is 1.62. The number of aromatic amines is 3. The molecule has 3 saturated carbocycles. The van der Waals surface area contributed by atoms with E-state index in [1.165, 1.54) is 44.3 Å². The number of nitrogens with zero attached hydrogens (tertiary/aromatic N) is 11. The second-order valence-electron chi connectivity index (χ2n) is 26.7. The maximum Gasteiger partial charge on any atom is 0.290 e. The van der Waals surface area contributed by atoms with E-state index in [0.717, 1.165) is 90.7 Å². The highest BCUT2D eigenvalue weighted by molar-refractivity contribution is 7.92. The first-order valence-corrected chi connectivity index (χ1v) is 36.6. The standard InChI is InChI=1S/C25H26N6O4S.C25H30N6O3.C24H28N6O3/c1-2-36(33,34)30-17-10-12-18(13-11-17)31-23-21(24(26)27-28-25(23)32)22(29-31)16-8-14-20(15-9-16)35-19-6-4-3-5-7-19;1-2-20(32)30-14-6-7-17(15-30)31-23-21(24(26)27-28-25(23)33)22(29-31)16-10-12-19(13-11-16)34-18-8-4-3-5-9-18;1-2-19(31)29-13-5-6-16(14-29)30-22-20(23(25)26-27-24(22)32)21(28-30)15-9-11-18(12-10-15)33-17-7-3-4-8-17/h2-9,14-15,17-18,30H,1,10-13H2,(H2,26,27)(H,28,32);2,10-13,17-18H,1,3-9,14-15H2,(H2,26,27)(H,28,33);2,9-12,16-17H,1,3-8,13-14H2,(H2,25,26)(H,27,32). The van der Waals surface area contributed by atoms with E-state index >= 15 is 0 Å². The van der Waals surface area contributed by atoms with E-state index in [1.54, 1.807) is 23.8 Å². The van der Waals surface area contributed by atoms with Gasteiger partial charge in [-0.15, -0.1) is 0 Å². The third kappa shape index (κ3) is 15.5. The van der Waals surface area contributed by atoms with E-state index in [1.807, 2.05) is 103 Å². The van der Waals surface area contributed by atoms with Crippen molar-refractivity contribution in [3.63, 3.8) is 0 Å². The number of fused-ring (bicyclic) bond motifs is 3. The molecule has 2 aliphatic heterocycles. The van der Waals surface area contributed by atoms with Gasteiger partial charge in [-0.25, -0.2) is 28.4 Å². The van der Waals surface area contributed by atoms with Crippen molar-refractivity contribution in [3.8, 4) is 56.8 Å². The Morgan fingerprint density at radius 3 is 1.22 bits per heavy atom. The number of likely N-dealkylation sites (tertiary alicyclic amines) is 2. The Morgan fingerprint density at radius 1 is 0.466 bits per heavy atom. The Morgan fingerprint density at radius 2 is 0.835 bits per heavy atom. The molecule has 10 N–H and O–H groups in total. The molecule has 28 nitrogen and oxygen atoms in total. The first-order chi connectivity index (χ1) is 49.9. The van der Waals surface area contributed by atoms with Crippen molar-refractivity contribution < 1.29 is 32.2 Å². The van der Waals surface area contributed by atoms with Gasteiger partial charge in [-0.1, -0.05) is 44.4 Å². The number of carbonyl (C=O) groups is 2. The van der Waals surface area contributed by atoms with Gasteiger partial charge in [0.15, 0.2) is 17.5 Å². The highest BCUT2D eigenvalue weighted by atomic mass is 32.2. The number of hydrogen-bond donors (Lipinski definition) is 7. The minimum absolute atomic E-state index is 0.0886. The van der Waals surface area contributed by atoms with Crippen LogP contribution in [0.15, 0.2) is 155 Å². The van der Waals surface area contributed by atoms with Gasteiger partial charge in [0.05, 0.1) is 46.5 Å². The summed E-state index contributed by atoms with van der Waals surface area (Å²) in [6.07, 6.45) is 19.4. The molecular formula is C74H84N18O10S. The number of carbonyl (C=O) groups excluding carboxylic acids is 2. The maximum atomic E-state index is 12.8. The normalized spacial score (nSPS) is 18.9. The Bertz CT molecular complexity index is 5050. The van der Waals surface area contributed by atoms with E-state index in [-0.39, 0.29) is 82.3 Å². The number of anilines is 3. The molecule has 4 aromatic carbocycles. The molecule has 2 saturated heterocycles. The Kier molecular flexibility index (Phi) is 21.1. The van der Waals surface area contributed by atoms with Crippen molar-refractivity contribution >= 4 is 72.0 Å². The molecule has 536 valence electrons. The van der Waals surface area contributed by atoms with Crippen LogP contribution in [0, 0.1) is 0 Å². The summed E-state index contributed by atoms with van der Waals surface area (Å²) >= 11 is 0. The van der Waals surface area contributed by atoms with Crippen LogP contribution in [0.2, 0.25) is 0 Å². The molecular weight excluding hydrogens is 1330 g/mol. The lowest BCUT2D eigenvalue weighted by Crippen LogP contribution is -2.40. The maximum absolute atomic E-state index is 12.8. The lowest BCUT2D eigenvalue weighted by molar-refractivity contribution is -0.128. The van der Waals surface area contributed by atoms with Gasteiger partial charge in [-0.3, -0.25) is 38.0 Å². The molecule has 15 rings (SSSR count). The number of hydrogen-bond acceptors (Lipinski definition) is 19. The van der Waals surface area contributed by atoms with E-state index in [2.05, 4.69) is 55.1 Å². The molecule has 2 unspecified atom stereocenters. The molecule has 0 spiro atoms. The number of nitrogen functional groups attached to an aromatic ring is 3. The van der Waals surface area contributed by atoms with Gasteiger partial charge in [0, 0.05) is 54.3 Å². The van der Waals surface area contributed by atoms with Crippen LogP contribution >= 0.6 is 0 Å². The highest BCUT2D eigenvalue weighted by Gasteiger charge is 2.33. The van der Waals surface area contributed by atoms with Gasteiger partial charge < -0.3 is 41.2 Å². The van der Waals surface area contributed by atoms with Crippen molar-refractivity contribution in [2.75, 3.05) is 43.4 Å². The van der Waals surface area contributed by atoms with Gasteiger partial charge in [0.2, 0.25) is 21.8 Å². The molecule has 5 fully saturated rings. The van der Waals surface area contributed by atoms with E-state index in [0.29, 0.717) is 107 Å². The summed E-state index contributed by atoms with van der Waals surface area (Å²) in [5, 5.41) is 36.3. The van der Waals surface area contributed by atoms with Crippen LogP contribution in [-0.2, 0) is 19.6 Å². The lowest BCUT2D eigenvalue weighted by atomic mass is 9.92. The smallest absolute Gasteiger partial charge is 0.290 e. The van der Waals surface area contributed by atoms with Crippen LogP contribution in [0.25, 0.3) is 66.5 Å². The number of benzene rings is 4. The molecule has 2 amide bonds. The minimum atomic E-state index is -3.50. The van der Waals surface area contributed by atoms with E-state index in [4.69, 9.17) is 46.7 Å². The topological polar surface area (TPSA) is 383 Å². The molecule has 5 aliphatic rings. The van der Waals surface area contributed by atoms with E-state index < -0.39 is 10.0 Å². The number of nitrogens with two attached hydrogens (primary N) is 3. The van der Waals surface area contributed by atoms with Gasteiger partial charge in [0.25, 0.3) is 16.7 Å². The number of piperidine rings is 2. The molecule has 2 atom stereocenters. The predicted molar refractivity (Wildman–Crippen MR) is 395 cm³/mol. The molecule has 103 heavy (non-hydrogen) atoms. The number of amides is 2. The number of sulfonamides is 1. The molecule has 0 bridgehead atoms.